The van der Waals surface area contributed by atoms with Crippen LogP contribution in [0.4, 0.5) is 4.79 Å². The normalized spacial score (nSPS) is 13.0. The van der Waals surface area contributed by atoms with Gasteiger partial charge in [0.2, 0.25) is 5.91 Å². The first kappa shape index (κ1) is 19.8. The van der Waals surface area contributed by atoms with Gasteiger partial charge < -0.3 is 21.1 Å². The topological polar surface area (TPSA) is 111 Å². The highest BCUT2D eigenvalue weighted by atomic mass is 35.5. The van der Waals surface area contributed by atoms with E-state index in [4.69, 9.17) is 17.3 Å². The Morgan fingerprint density at radius 3 is 2.21 bits per heavy atom. The van der Waals surface area contributed by atoms with E-state index in [2.05, 4.69) is 15.4 Å². The van der Waals surface area contributed by atoms with E-state index in [1.165, 1.54) is 7.11 Å². The Labute approximate surface area is 145 Å². The zero-order valence-corrected chi connectivity index (χ0v) is 14.6. The minimum atomic E-state index is -0.920. The second kappa shape index (κ2) is 9.12. The molecule has 8 heteroatoms. The summed E-state index contributed by atoms with van der Waals surface area (Å²) in [5.41, 5.74) is 6.13. The molecule has 1 unspecified atom stereocenters. The molecule has 2 atom stereocenters. The number of amides is 3. The van der Waals surface area contributed by atoms with E-state index >= 15 is 0 Å². The van der Waals surface area contributed by atoms with Gasteiger partial charge in [-0.3, -0.25) is 4.79 Å². The van der Waals surface area contributed by atoms with Crippen molar-refractivity contribution in [3.8, 4) is 0 Å². The quantitative estimate of drug-likeness (QED) is 0.639. The summed E-state index contributed by atoms with van der Waals surface area (Å²) < 4.78 is 4.65. The fourth-order valence-corrected chi connectivity index (χ4v) is 2.17. The Bertz CT molecular complexity index is 589. The number of urea groups is 1. The summed E-state index contributed by atoms with van der Waals surface area (Å²) in [6.45, 7) is 3.53. The van der Waals surface area contributed by atoms with E-state index in [0.717, 1.165) is 5.56 Å². The van der Waals surface area contributed by atoms with E-state index in [-0.39, 0.29) is 12.3 Å². The molecule has 132 valence electrons. The van der Waals surface area contributed by atoms with Gasteiger partial charge >= 0.3 is 12.0 Å². The third-order valence-electron chi connectivity index (χ3n) is 3.41. The van der Waals surface area contributed by atoms with Crippen molar-refractivity contribution in [2.24, 2.45) is 11.7 Å². The number of hydrogen-bond donors (Lipinski definition) is 3. The largest absolute Gasteiger partial charge is 0.467 e. The molecule has 0 spiro atoms. The number of methoxy groups -OCH3 is 1. The Hall–Kier alpha value is -2.28. The maximum atomic E-state index is 12.1. The van der Waals surface area contributed by atoms with E-state index in [1.54, 1.807) is 38.1 Å². The van der Waals surface area contributed by atoms with Crippen LogP contribution < -0.4 is 16.4 Å². The van der Waals surface area contributed by atoms with Crippen molar-refractivity contribution < 1.29 is 19.1 Å². The molecule has 0 aliphatic heterocycles. The summed E-state index contributed by atoms with van der Waals surface area (Å²) in [6.07, 6.45) is 0.213. The van der Waals surface area contributed by atoms with E-state index in [9.17, 15) is 14.4 Å². The molecule has 3 amide bonds. The van der Waals surface area contributed by atoms with Crippen LogP contribution in [0.2, 0.25) is 5.02 Å². The van der Waals surface area contributed by atoms with E-state index < -0.39 is 30.0 Å². The summed E-state index contributed by atoms with van der Waals surface area (Å²) in [5.74, 6) is -1.42. The minimum absolute atomic E-state index is 0.175. The minimum Gasteiger partial charge on any atom is -0.467 e. The summed E-state index contributed by atoms with van der Waals surface area (Å²) >= 11 is 5.81. The molecule has 24 heavy (non-hydrogen) atoms. The van der Waals surface area contributed by atoms with Gasteiger partial charge in [0.25, 0.3) is 0 Å². The Morgan fingerprint density at radius 2 is 1.75 bits per heavy atom. The molecule has 0 aromatic heterocycles. The van der Waals surface area contributed by atoms with Crippen molar-refractivity contribution >= 4 is 29.5 Å². The Morgan fingerprint density at radius 1 is 1.17 bits per heavy atom. The van der Waals surface area contributed by atoms with Crippen LogP contribution in [-0.4, -0.2) is 37.1 Å². The maximum absolute atomic E-state index is 12.1. The van der Waals surface area contributed by atoms with Gasteiger partial charge in [0, 0.05) is 11.4 Å². The Kier molecular flexibility index (Phi) is 7.51. The molecule has 0 fully saturated rings. The predicted octanol–water partition coefficient (Wildman–Crippen LogP) is 1.23. The second-order valence-corrected chi connectivity index (χ2v) is 6.08. The molecule has 7 nitrogen and oxygen atoms in total. The van der Waals surface area contributed by atoms with Crippen LogP contribution in [0, 0.1) is 5.92 Å². The molecular weight excluding hydrogens is 334 g/mol. The molecule has 1 aromatic carbocycles. The van der Waals surface area contributed by atoms with Gasteiger partial charge in [-0.15, -0.1) is 0 Å². The SMILES string of the molecule is COC(=O)C(NC(=O)N[C@@H](Cc1ccc(Cl)cc1)C(N)=O)C(C)C. The lowest BCUT2D eigenvalue weighted by molar-refractivity contribution is -0.143. The van der Waals surface area contributed by atoms with E-state index in [1.807, 2.05) is 0 Å². The fraction of sp³-hybridized carbons (Fsp3) is 0.438. The van der Waals surface area contributed by atoms with Crippen LogP contribution in [0.3, 0.4) is 0 Å². The summed E-state index contributed by atoms with van der Waals surface area (Å²) in [7, 11) is 1.24. The molecule has 0 aliphatic rings. The fourth-order valence-electron chi connectivity index (χ4n) is 2.04. The first-order valence-electron chi connectivity index (χ1n) is 7.43. The van der Waals surface area contributed by atoms with Gasteiger partial charge in [0.05, 0.1) is 7.11 Å². The van der Waals surface area contributed by atoms with Gasteiger partial charge in [-0.25, -0.2) is 9.59 Å². The Balaban J connectivity index is 2.73. The smallest absolute Gasteiger partial charge is 0.328 e. The lowest BCUT2D eigenvalue weighted by atomic mass is 10.0. The monoisotopic (exact) mass is 355 g/mol. The number of nitrogens with one attached hydrogen (secondary N) is 2. The number of rotatable bonds is 7. The highest BCUT2D eigenvalue weighted by molar-refractivity contribution is 6.30. The summed E-state index contributed by atoms with van der Waals surface area (Å²) in [6, 6.07) is 4.43. The van der Waals surface area contributed by atoms with Crippen molar-refractivity contribution in [3.63, 3.8) is 0 Å². The van der Waals surface area contributed by atoms with Gasteiger partial charge in [-0.2, -0.15) is 0 Å². The molecule has 0 saturated heterocycles. The van der Waals surface area contributed by atoms with Crippen molar-refractivity contribution in [1.82, 2.24) is 10.6 Å². The number of hydrogen-bond acceptors (Lipinski definition) is 4. The van der Waals surface area contributed by atoms with Gasteiger partial charge in [-0.1, -0.05) is 37.6 Å². The number of nitrogens with two attached hydrogens (primary N) is 1. The number of esters is 1. The first-order chi connectivity index (χ1) is 11.2. The lowest BCUT2D eigenvalue weighted by Crippen LogP contribution is -2.54. The highest BCUT2D eigenvalue weighted by Crippen LogP contribution is 2.11. The zero-order chi connectivity index (χ0) is 18.3. The average molecular weight is 356 g/mol. The standard InChI is InChI=1S/C16H22ClN3O4/c1-9(2)13(15(22)24-3)20-16(23)19-12(14(18)21)8-10-4-6-11(17)7-5-10/h4-7,9,12-13H,8H2,1-3H3,(H2,18,21)(H2,19,20,23)/t12-,13?/m0/s1. The lowest BCUT2D eigenvalue weighted by Gasteiger charge is -2.22. The molecule has 0 heterocycles. The van der Waals surface area contributed by atoms with Gasteiger partial charge in [0.1, 0.15) is 12.1 Å². The van der Waals surface area contributed by atoms with Gasteiger partial charge in [-0.05, 0) is 23.6 Å². The van der Waals surface area contributed by atoms with Crippen LogP contribution in [-0.2, 0) is 20.7 Å². The van der Waals surface area contributed by atoms with Crippen molar-refractivity contribution in [3.05, 3.63) is 34.9 Å². The van der Waals surface area contributed by atoms with Gasteiger partial charge in [0.15, 0.2) is 0 Å². The molecule has 0 bridgehead atoms. The van der Waals surface area contributed by atoms with Crippen LogP contribution in [0.1, 0.15) is 19.4 Å². The summed E-state index contributed by atoms with van der Waals surface area (Å²) in [5, 5.41) is 5.54. The number of carbonyl (C=O) groups is 3. The number of benzene rings is 1. The molecule has 0 radical (unpaired) electrons. The number of primary amides is 1. The van der Waals surface area contributed by atoms with Crippen LogP contribution in [0.25, 0.3) is 0 Å². The third-order valence-corrected chi connectivity index (χ3v) is 3.66. The predicted molar refractivity (Wildman–Crippen MR) is 90.4 cm³/mol. The zero-order valence-electron chi connectivity index (χ0n) is 13.8. The number of halogens is 1. The van der Waals surface area contributed by atoms with Crippen LogP contribution >= 0.6 is 11.6 Å². The average Bonchev–Trinajstić information content (AvgIpc) is 2.52. The molecular formula is C16H22ClN3O4. The highest BCUT2D eigenvalue weighted by Gasteiger charge is 2.26. The first-order valence-corrected chi connectivity index (χ1v) is 7.81. The maximum Gasteiger partial charge on any atom is 0.328 e. The van der Waals surface area contributed by atoms with Crippen LogP contribution in [0.15, 0.2) is 24.3 Å². The second-order valence-electron chi connectivity index (χ2n) is 5.65. The van der Waals surface area contributed by atoms with Crippen LogP contribution in [0.5, 0.6) is 0 Å². The molecule has 1 aromatic rings. The molecule has 4 N–H and O–H groups in total. The van der Waals surface area contributed by atoms with Crippen molar-refractivity contribution in [2.45, 2.75) is 32.4 Å². The third kappa shape index (κ3) is 6.08. The number of ether oxygens (including phenoxy) is 1. The molecule has 0 aliphatic carbocycles. The summed E-state index contributed by atoms with van der Waals surface area (Å²) in [4.78, 5) is 35.3. The van der Waals surface area contributed by atoms with Crippen molar-refractivity contribution in [2.75, 3.05) is 7.11 Å². The molecule has 0 saturated carbocycles. The van der Waals surface area contributed by atoms with E-state index in [0.29, 0.717) is 5.02 Å². The van der Waals surface area contributed by atoms with Crippen molar-refractivity contribution in [1.29, 1.82) is 0 Å². The molecule has 1 rings (SSSR count). The number of carbonyl (C=O) groups excluding carboxylic acids is 3.